The zero-order valence-corrected chi connectivity index (χ0v) is 11.3. The minimum Gasteiger partial charge on any atom is -0.349 e. The van der Waals surface area contributed by atoms with Crippen molar-refractivity contribution in [1.29, 1.82) is 0 Å². The number of amides is 1. The molecule has 104 valence electrons. The monoisotopic (exact) mass is 263 g/mol. The molecule has 6 nitrogen and oxygen atoms in total. The summed E-state index contributed by atoms with van der Waals surface area (Å²) in [5.41, 5.74) is 2.69. The van der Waals surface area contributed by atoms with Gasteiger partial charge in [0.2, 0.25) is 0 Å². The van der Waals surface area contributed by atoms with Crippen LogP contribution >= 0.6 is 0 Å². The summed E-state index contributed by atoms with van der Waals surface area (Å²) in [6.45, 7) is 3.52. The van der Waals surface area contributed by atoms with Crippen LogP contribution < -0.4 is 10.6 Å². The lowest BCUT2D eigenvalue weighted by atomic mass is 10.1. The molecule has 3 N–H and O–H groups in total. The van der Waals surface area contributed by atoms with Crippen molar-refractivity contribution in [2.75, 3.05) is 26.7 Å². The Morgan fingerprint density at radius 3 is 3.26 bits per heavy atom. The predicted molar refractivity (Wildman–Crippen MR) is 72.0 cm³/mol. The predicted octanol–water partition coefficient (Wildman–Crippen LogP) is -0.121. The standard InChI is InChI=1S/C13H21N5O/c1-18-6-2-3-9(18)7-15-13(19)12-10-8-14-5-4-11(10)16-17-12/h9,14H,2-8H2,1H3,(H,15,19)(H,16,17). The van der Waals surface area contributed by atoms with E-state index in [9.17, 15) is 4.79 Å². The SMILES string of the molecule is CN1CCCC1CNC(=O)c1n[nH]c2c1CNCC2. The van der Waals surface area contributed by atoms with Gasteiger partial charge in [-0.15, -0.1) is 0 Å². The van der Waals surface area contributed by atoms with E-state index in [2.05, 4.69) is 32.8 Å². The second-order valence-electron chi connectivity index (χ2n) is 5.44. The molecule has 0 aromatic carbocycles. The number of fused-ring (bicyclic) bond motifs is 1. The number of hydrogen-bond donors (Lipinski definition) is 3. The largest absolute Gasteiger partial charge is 0.349 e. The molecule has 1 amide bonds. The lowest BCUT2D eigenvalue weighted by Crippen LogP contribution is -2.38. The highest BCUT2D eigenvalue weighted by Gasteiger charge is 2.24. The van der Waals surface area contributed by atoms with Gasteiger partial charge in [0.15, 0.2) is 5.69 Å². The maximum absolute atomic E-state index is 12.2. The lowest BCUT2D eigenvalue weighted by Gasteiger charge is -2.19. The highest BCUT2D eigenvalue weighted by atomic mass is 16.1. The first kappa shape index (κ1) is 12.6. The fourth-order valence-electron chi connectivity index (χ4n) is 2.94. The van der Waals surface area contributed by atoms with Crippen LogP contribution in [0.1, 0.15) is 34.6 Å². The number of nitrogens with one attached hydrogen (secondary N) is 3. The topological polar surface area (TPSA) is 73.0 Å². The number of H-pyrrole nitrogens is 1. The molecule has 0 radical (unpaired) electrons. The summed E-state index contributed by atoms with van der Waals surface area (Å²) in [5, 5.41) is 13.4. The smallest absolute Gasteiger partial charge is 0.272 e. The highest BCUT2D eigenvalue weighted by molar-refractivity contribution is 5.94. The molecule has 0 saturated carbocycles. The van der Waals surface area contributed by atoms with Crippen LogP contribution in [0.15, 0.2) is 0 Å². The Labute approximate surface area is 112 Å². The molecule has 2 aliphatic rings. The molecule has 19 heavy (non-hydrogen) atoms. The first-order chi connectivity index (χ1) is 9.25. The molecule has 3 heterocycles. The third kappa shape index (κ3) is 2.50. The third-order valence-corrected chi connectivity index (χ3v) is 4.19. The fraction of sp³-hybridized carbons (Fsp3) is 0.692. The summed E-state index contributed by atoms with van der Waals surface area (Å²) >= 11 is 0. The quantitative estimate of drug-likeness (QED) is 0.711. The molecule has 1 atom stereocenters. The summed E-state index contributed by atoms with van der Waals surface area (Å²) in [7, 11) is 2.12. The molecule has 6 heteroatoms. The number of likely N-dealkylation sites (N-methyl/N-ethyl adjacent to an activating group) is 1. The molecule has 1 aromatic heterocycles. The van der Waals surface area contributed by atoms with Gasteiger partial charge in [0.1, 0.15) is 0 Å². The molecule has 1 fully saturated rings. The van der Waals surface area contributed by atoms with Gasteiger partial charge in [-0.1, -0.05) is 0 Å². The van der Waals surface area contributed by atoms with Crippen LogP contribution in [0.5, 0.6) is 0 Å². The number of aromatic amines is 1. The van der Waals surface area contributed by atoms with Gasteiger partial charge in [0, 0.05) is 43.4 Å². The van der Waals surface area contributed by atoms with Crippen molar-refractivity contribution in [1.82, 2.24) is 25.7 Å². The van der Waals surface area contributed by atoms with Gasteiger partial charge < -0.3 is 15.5 Å². The van der Waals surface area contributed by atoms with Gasteiger partial charge in [-0.05, 0) is 26.4 Å². The van der Waals surface area contributed by atoms with E-state index in [-0.39, 0.29) is 5.91 Å². The number of carbonyl (C=O) groups is 1. The van der Waals surface area contributed by atoms with Crippen molar-refractivity contribution < 1.29 is 4.79 Å². The Bertz CT molecular complexity index is 470. The summed E-state index contributed by atoms with van der Waals surface area (Å²) in [6, 6.07) is 0.469. The zero-order valence-electron chi connectivity index (χ0n) is 11.3. The van der Waals surface area contributed by atoms with Crippen LogP contribution in [0.3, 0.4) is 0 Å². The molecular formula is C13H21N5O. The van der Waals surface area contributed by atoms with Crippen LogP contribution in [0.2, 0.25) is 0 Å². The molecule has 1 aromatic rings. The molecule has 2 aliphatic heterocycles. The lowest BCUT2D eigenvalue weighted by molar-refractivity contribution is 0.0937. The number of hydrogen-bond acceptors (Lipinski definition) is 4. The second-order valence-corrected chi connectivity index (χ2v) is 5.44. The van der Waals surface area contributed by atoms with Gasteiger partial charge in [0.25, 0.3) is 5.91 Å². The maximum Gasteiger partial charge on any atom is 0.272 e. The Kier molecular flexibility index (Phi) is 3.52. The third-order valence-electron chi connectivity index (χ3n) is 4.19. The number of aromatic nitrogens is 2. The van der Waals surface area contributed by atoms with Gasteiger partial charge in [-0.2, -0.15) is 5.10 Å². The molecule has 0 bridgehead atoms. The number of likely N-dealkylation sites (tertiary alicyclic amines) is 1. The minimum absolute atomic E-state index is 0.0542. The average Bonchev–Trinajstić information content (AvgIpc) is 3.02. The number of rotatable bonds is 3. The van der Waals surface area contributed by atoms with Crippen molar-refractivity contribution >= 4 is 5.91 Å². The van der Waals surface area contributed by atoms with Crippen molar-refractivity contribution in [2.24, 2.45) is 0 Å². The van der Waals surface area contributed by atoms with E-state index in [0.717, 1.165) is 43.7 Å². The van der Waals surface area contributed by atoms with Crippen molar-refractivity contribution in [3.63, 3.8) is 0 Å². The van der Waals surface area contributed by atoms with Crippen LogP contribution in [0.25, 0.3) is 0 Å². The normalized spacial score (nSPS) is 23.3. The Balaban J connectivity index is 1.62. The van der Waals surface area contributed by atoms with Crippen molar-refractivity contribution in [3.05, 3.63) is 17.0 Å². The second kappa shape index (κ2) is 5.30. The van der Waals surface area contributed by atoms with E-state index < -0.39 is 0 Å². The first-order valence-electron chi connectivity index (χ1n) is 7.01. The molecular weight excluding hydrogens is 242 g/mol. The van der Waals surface area contributed by atoms with Gasteiger partial charge in [0.05, 0.1) is 0 Å². The van der Waals surface area contributed by atoms with Crippen LogP contribution in [0.4, 0.5) is 0 Å². The molecule has 0 spiro atoms. The van der Waals surface area contributed by atoms with Gasteiger partial charge >= 0.3 is 0 Å². The number of carbonyl (C=O) groups excluding carboxylic acids is 1. The minimum atomic E-state index is -0.0542. The Hall–Kier alpha value is -1.40. The van der Waals surface area contributed by atoms with Crippen LogP contribution in [0, 0.1) is 0 Å². The summed E-state index contributed by atoms with van der Waals surface area (Å²) in [6.07, 6.45) is 3.30. The van der Waals surface area contributed by atoms with E-state index in [1.165, 1.54) is 6.42 Å². The zero-order chi connectivity index (χ0) is 13.2. The van der Waals surface area contributed by atoms with E-state index in [1.54, 1.807) is 0 Å². The van der Waals surface area contributed by atoms with E-state index in [4.69, 9.17) is 0 Å². The molecule has 1 saturated heterocycles. The summed E-state index contributed by atoms with van der Waals surface area (Å²) < 4.78 is 0. The van der Waals surface area contributed by atoms with Crippen LogP contribution in [-0.2, 0) is 13.0 Å². The first-order valence-corrected chi connectivity index (χ1v) is 7.01. The molecule has 0 aliphatic carbocycles. The Morgan fingerprint density at radius 1 is 1.58 bits per heavy atom. The average molecular weight is 263 g/mol. The Morgan fingerprint density at radius 2 is 2.47 bits per heavy atom. The van der Waals surface area contributed by atoms with Gasteiger partial charge in [-0.3, -0.25) is 9.89 Å². The van der Waals surface area contributed by atoms with Crippen molar-refractivity contribution in [2.45, 2.75) is 31.8 Å². The maximum atomic E-state index is 12.2. The van der Waals surface area contributed by atoms with E-state index in [0.29, 0.717) is 18.3 Å². The van der Waals surface area contributed by atoms with Crippen molar-refractivity contribution in [3.8, 4) is 0 Å². The van der Waals surface area contributed by atoms with E-state index >= 15 is 0 Å². The van der Waals surface area contributed by atoms with Gasteiger partial charge in [-0.25, -0.2) is 0 Å². The molecule has 1 unspecified atom stereocenters. The summed E-state index contributed by atoms with van der Waals surface area (Å²) in [5.74, 6) is -0.0542. The highest BCUT2D eigenvalue weighted by Crippen LogP contribution is 2.16. The number of nitrogens with zero attached hydrogens (tertiary/aromatic N) is 2. The van der Waals surface area contributed by atoms with Crippen LogP contribution in [-0.4, -0.2) is 53.7 Å². The fourth-order valence-corrected chi connectivity index (χ4v) is 2.94. The van der Waals surface area contributed by atoms with E-state index in [1.807, 2.05) is 0 Å². The molecule has 3 rings (SSSR count). The summed E-state index contributed by atoms with van der Waals surface area (Å²) in [4.78, 5) is 14.5.